The minimum absolute atomic E-state index is 0.384. The Labute approximate surface area is 98.1 Å². The Morgan fingerprint density at radius 2 is 2.29 bits per heavy atom. The average molecular weight is 232 g/mol. The predicted molar refractivity (Wildman–Crippen MR) is 61.6 cm³/mol. The number of nitrogen functional groups attached to an aromatic ring is 1. The molecule has 17 heavy (non-hydrogen) atoms. The van der Waals surface area contributed by atoms with Crippen molar-refractivity contribution in [2.45, 2.75) is 6.61 Å². The van der Waals surface area contributed by atoms with Gasteiger partial charge in [0.05, 0.1) is 12.3 Å². The van der Waals surface area contributed by atoms with E-state index < -0.39 is 0 Å². The summed E-state index contributed by atoms with van der Waals surface area (Å²) in [5.41, 5.74) is 3.85. The van der Waals surface area contributed by atoms with Crippen LogP contribution in [0.5, 0.6) is 0 Å². The van der Waals surface area contributed by atoms with Crippen LogP contribution in [0.25, 0.3) is 11.5 Å². The number of nitrogens with two attached hydrogens (primary N) is 1. The van der Waals surface area contributed by atoms with E-state index in [9.17, 15) is 0 Å². The molecule has 0 fully saturated rings. The van der Waals surface area contributed by atoms with Gasteiger partial charge in [-0.05, 0) is 6.07 Å². The maximum Gasteiger partial charge on any atom is 0.180 e. The molecule has 0 spiro atoms. The molecule has 0 aliphatic carbocycles. The summed E-state index contributed by atoms with van der Waals surface area (Å²) < 4.78 is 5.03. The highest BCUT2D eigenvalue weighted by molar-refractivity contribution is 5.52. The molecule has 7 nitrogen and oxygen atoms in total. The van der Waals surface area contributed by atoms with Crippen LogP contribution >= 0.6 is 0 Å². The first-order valence-electron chi connectivity index (χ1n) is 4.93. The van der Waals surface area contributed by atoms with Crippen LogP contribution in [0.1, 0.15) is 5.69 Å². The molecule has 2 heterocycles. The number of rotatable bonds is 4. The number of anilines is 1. The van der Waals surface area contributed by atoms with Gasteiger partial charge in [-0.15, -0.1) is 0 Å². The van der Waals surface area contributed by atoms with Crippen molar-refractivity contribution in [1.82, 2.24) is 19.9 Å². The Bertz CT molecular complexity index is 489. The third kappa shape index (κ3) is 2.71. The number of hydrazine groups is 1. The maximum absolute atomic E-state index is 5.35. The van der Waals surface area contributed by atoms with Crippen LogP contribution in [0.4, 0.5) is 5.82 Å². The molecule has 0 saturated heterocycles. The molecule has 0 aliphatic heterocycles. The van der Waals surface area contributed by atoms with E-state index in [1.165, 1.54) is 6.33 Å². The Morgan fingerprint density at radius 1 is 1.41 bits per heavy atom. The lowest BCUT2D eigenvalue weighted by Crippen LogP contribution is -2.11. The number of nitrogens with zero attached hydrogens (tertiary/aromatic N) is 4. The first-order valence-corrected chi connectivity index (χ1v) is 4.93. The molecule has 0 aliphatic rings. The Hall–Kier alpha value is -2.12. The lowest BCUT2D eigenvalue weighted by molar-refractivity contribution is 0.181. The first kappa shape index (κ1) is 11.4. The van der Waals surface area contributed by atoms with Crippen molar-refractivity contribution in [3.63, 3.8) is 0 Å². The highest BCUT2D eigenvalue weighted by Gasteiger charge is 2.07. The van der Waals surface area contributed by atoms with E-state index in [2.05, 4.69) is 25.4 Å². The third-order valence-electron chi connectivity index (χ3n) is 2.03. The van der Waals surface area contributed by atoms with E-state index in [0.29, 0.717) is 23.9 Å². The summed E-state index contributed by atoms with van der Waals surface area (Å²) in [7, 11) is 1.60. The normalized spacial score (nSPS) is 10.2. The van der Waals surface area contributed by atoms with Gasteiger partial charge in [0, 0.05) is 19.4 Å². The lowest BCUT2D eigenvalue weighted by atomic mass is 10.3. The van der Waals surface area contributed by atoms with Crippen LogP contribution in [0.15, 0.2) is 24.7 Å². The van der Waals surface area contributed by atoms with Gasteiger partial charge in [0.2, 0.25) is 0 Å². The summed E-state index contributed by atoms with van der Waals surface area (Å²) >= 11 is 0. The van der Waals surface area contributed by atoms with Gasteiger partial charge in [-0.25, -0.2) is 25.8 Å². The average Bonchev–Trinajstić information content (AvgIpc) is 2.40. The zero-order chi connectivity index (χ0) is 12.1. The SMILES string of the molecule is COCc1cc(NN)nc(-c2ccncn2)n1. The second-order valence-corrected chi connectivity index (χ2v) is 3.24. The largest absolute Gasteiger partial charge is 0.378 e. The molecule has 0 unspecified atom stereocenters. The number of aromatic nitrogens is 4. The minimum Gasteiger partial charge on any atom is -0.378 e. The van der Waals surface area contributed by atoms with Crippen LogP contribution in [0.3, 0.4) is 0 Å². The summed E-state index contributed by atoms with van der Waals surface area (Å²) in [5, 5.41) is 0. The first-order chi connectivity index (χ1) is 8.33. The predicted octanol–water partition coefficient (Wildman–Crippen LogP) is 0.366. The molecule has 0 amide bonds. The molecule has 2 aromatic rings. The molecule has 0 atom stereocenters. The molecule has 88 valence electrons. The Kier molecular flexibility index (Phi) is 3.53. The van der Waals surface area contributed by atoms with Gasteiger partial charge in [0.15, 0.2) is 5.82 Å². The van der Waals surface area contributed by atoms with Gasteiger partial charge in [-0.1, -0.05) is 0 Å². The molecular formula is C10H12N6O. The molecule has 0 radical (unpaired) electrons. The van der Waals surface area contributed by atoms with Gasteiger partial charge >= 0.3 is 0 Å². The van der Waals surface area contributed by atoms with Gasteiger partial charge in [-0.2, -0.15) is 0 Å². The zero-order valence-electron chi connectivity index (χ0n) is 9.29. The number of hydrogen-bond acceptors (Lipinski definition) is 7. The van der Waals surface area contributed by atoms with Gasteiger partial charge in [0.1, 0.15) is 17.8 Å². The highest BCUT2D eigenvalue weighted by atomic mass is 16.5. The maximum atomic E-state index is 5.35. The summed E-state index contributed by atoms with van der Waals surface area (Å²) in [6.45, 7) is 0.384. The zero-order valence-corrected chi connectivity index (χ0v) is 9.29. The molecule has 0 bridgehead atoms. The van der Waals surface area contributed by atoms with E-state index in [0.717, 1.165) is 5.69 Å². The number of ether oxygens (including phenoxy) is 1. The summed E-state index contributed by atoms with van der Waals surface area (Å²) in [4.78, 5) is 16.5. The number of nitrogens with one attached hydrogen (secondary N) is 1. The quantitative estimate of drug-likeness (QED) is 0.580. The smallest absolute Gasteiger partial charge is 0.180 e. The van der Waals surface area contributed by atoms with Crippen LogP contribution in [0, 0.1) is 0 Å². The molecular weight excluding hydrogens is 220 g/mol. The standard InChI is InChI=1S/C10H12N6O/c1-17-5-7-4-9(16-11)15-10(14-7)8-2-3-12-6-13-8/h2-4,6H,5,11H2,1H3,(H,14,15,16). The molecule has 2 rings (SSSR count). The van der Waals surface area contributed by atoms with E-state index >= 15 is 0 Å². The van der Waals surface area contributed by atoms with Crippen molar-refractivity contribution in [2.24, 2.45) is 5.84 Å². The van der Waals surface area contributed by atoms with Crippen molar-refractivity contribution in [3.05, 3.63) is 30.4 Å². The van der Waals surface area contributed by atoms with Crippen LogP contribution in [0.2, 0.25) is 0 Å². The molecule has 3 N–H and O–H groups in total. The van der Waals surface area contributed by atoms with Gasteiger partial charge in [0.25, 0.3) is 0 Å². The molecule has 7 heteroatoms. The minimum atomic E-state index is 0.384. The van der Waals surface area contributed by atoms with Crippen LogP contribution in [-0.2, 0) is 11.3 Å². The van der Waals surface area contributed by atoms with E-state index in [1.54, 1.807) is 25.4 Å². The Balaban J connectivity index is 2.43. The third-order valence-corrected chi connectivity index (χ3v) is 2.03. The second-order valence-electron chi connectivity index (χ2n) is 3.24. The van der Waals surface area contributed by atoms with Crippen LogP contribution in [-0.4, -0.2) is 27.0 Å². The van der Waals surface area contributed by atoms with Crippen molar-refractivity contribution in [2.75, 3.05) is 12.5 Å². The number of methoxy groups -OCH3 is 1. The van der Waals surface area contributed by atoms with Crippen molar-refractivity contribution in [3.8, 4) is 11.5 Å². The summed E-state index contributed by atoms with van der Waals surface area (Å²) in [5.74, 6) is 6.34. The van der Waals surface area contributed by atoms with Crippen molar-refractivity contribution in [1.29, 1.82) is 0 Å². The monoisotopic (exact) mass is 232 g/mol. The fraction of sp³-hybridized carbons (Fsp3) is 0.200. The topological polar surface area (TPSA) is 98.8 Å². The van der Waals surface area contributed by atoms with E-state index in [-0.39, 0.29) is 0 Å². The van der Waals surface area contributed by atoms with Gasteiger partial charge < -0.3 is 10.2 Å². The van der Waals surface area contributed by atoms with Crippen LogP contribution < -0.4 is 11.3 Å². The lowest BCUT2D eigenvalue weighted by Gasteiger charge is -2.06. The van der Waals surface area contributed by atoms with E-state index in [4.69, 9.17) is 10.6 Å². The second kappa shape index (κ2) is 5.28. The fourth-order valence-corrected chi connectivity index (χ4v) is 1.33. The fourth-order valence-electron chi connectivity index (χ4n) is 1.33. The van der Waals surface area contributed by atoms with Crippen molar-refractivity contribution < 1.29 is 4.74 Å². The van der Waals surface area contributed by atoms with Gasteiger partial charge in [-0.3, -0.25) is 0 Å². The Morgan fingerprint density at radius 3 is 2.94 bits per heavy atom. The molecule has 0 aromatic carbocycles. The summed E-state index contributed by atoms with van der Waals surface area (Å²) in [6.07, 6.45) is 3.07. The van der Waals surface area contributed by atoms with Crippen molar-refractivity contribution >= 4 is 5.82 Å². The highest BCUT2D eigenvalue weighted by Crippen LogP contribution is 2.14. The molecule has 0 saturated carbocycles. The number of hydrogen-bond donors (Lipinski definition) is 2. The summed E-state index contributed by atoms with van der Waals surface area (Å²) in [6, 6.07) is 3.44. The molecule has 2 aromatic heterocycles. The van der Waals surface area contributed by atoms with E-state index in [1.807, 2.05) is 0 Å².